The summed E-state index contributed by atoms with van der Waals surface area (Å²) in [5, 5.41) is 3.69. The largest absolute Gasteiger partial charge is 0.427 e. The molecule has 0 amide bonds. The summed E-state index contributed by atoms with van der Waals surface area (Å²) < 4.78 is 5.22. The first-order valence-electron chi connectivity index (χ1n) is 8.61. The normalized spacial score (nSPS) is 17.0. The standard InChI is InChI=1S/C19H27NO3/c1-3-4-5-13-20-19(11-9-17(22)10-12-19)16-7-6-8-18(14-16)23-15(2)21/h6-8,14,20H,3-5,9-13H2,1-2H3. The molecule has 4 nitrogen and oxygen atoms in total. The van der Waals surface area contributed by atoms with Crippen LogP contribution in [0.4, 0.5) is 0 Å². The van der Waals surface area contributed by atoms with E-state index in [1.54, 1.807) is 6.07 Å². The van der Waals surface area contributed by atoms with Crippen molar-refractivity contribution in [2.75, 3.05) is 6.54 Å². The summed E-state index contributed by atoms with van der Waals surface area (Å²) in [6.45, 7) is 4.54. The first-order valence-corrected chi connectivity index (χ1v) is 8.61. The first kappa shape index (κ1) is 17.7. The maximum absolute atomic E-state index is 11.7. The molecule has 1 fully saturated rings. The summed E-state index contributed by atoms with van der Waals surface area (Å²) in [5.41, 5.74) is 0.929. The summed E-state index contributed by atoms with van der Waals surface area (Å²) in [6, 6.07) is 7.71. The Morgan fingerprint density at radius 3 is 2.65 bits per heavy atom. The van der Waals surface area contributed by atoms with Gasteiger partial charge in [-0.2, -0.15) is 0 Å². The summed E-state index contributed by atoms with van der Waals surface area (Å²) in [4.78, 5) is 22.9. The zero-order chi connectivity index (χ0) is 16.7. The highest BCUT2D eigenvalue weighted by molar-refractivity contribution is 5.79. The number of carbonyl (C=O) groups excluding carboxylic acids is 2. The van der Waals surface area contributed by atoms with Crippen molar-refractivity contribution in [1.82, 2.24) is 5.32 Å². The number of unbranched alkanes of at least 4 members (excludes halogenated alkanes) is 2. The van der Waals surface area contributed by atoms with Gasteiger partial charge in [0.1, 0.15) is 11.5 Å². The molecular weight excluding hydrogens is 290 g/mol. The van der Waals surface area contributed by atoms with Gasteiger partial charge in [-0.1, -0.05) is 31.9 Å². The fourth-order valence-corrected chi connectivity index (χ4v) is 3.25. The van der Waals surface area contributed by atoms with E-state index in [4.69, 9.17) is 4.74 Å². The number of ketones is 1. The van der Waals surface area contributed by atoms with Crippen LogP contribution in [0.2, 0.25) is 0 Å². The van der Waals surface area contributed by atoms with E-state index in [2.05, 4.69) is 18.3 Å². The topological polar surface area (TPSA) is 55.4 Å². The third kappa shape index (κ3) is 4.90. The highest BCUT2D eigenvalue weighted by Gasteiger charge is 2.36. The lowest BCUT2D eigenvalue weighted by atomic mass is 9.76. The van der Waals surface area contributed by atoms with Crippen LogP contribution < -0.4 is 10.1 Å². The van der Waals surface area contributed by atoms with Gasteiger partial charge < -0.3 is 10.1 Å². The van der Waals surface area contributed by atoms with Gasteiger partial charge in [0.15, 0.2) is 0 Å². The van der Waals surface area contributed by atoms with Crippen LogP contribution in [0.3, 0.4) is 0 Å². The molecule has 1 N–H and O–H groups in total. The van der Waals surface area contributed by atoms with E-state index in [1.807, 2.05) is 12.1 Å². The van der Waals surface area contributed by atoms with E-state index in [9.17, 15) is 9.59 Å². The van der Waals surface area contributed by atoms with Gasteiger partial charge in [0, 0.05) is 25.3 Å². The van der Waals surface area contributed by atoms with Crippen molar-refractivity contribution in [2.24, 2.45) is 0 Å². The minimum Gasteiger partial charge on any atom is -0.427 e. The van der Waals surface area contributed by atoms with Crippen molar-refractivity contribution in [1.29, 1.82) is 0 Å². The molecule has 1 aliphatic carbocycles. The molecule has 2 rings (SSSR count). The molecule has 0 saturated heterocycles. The maximum atomic E-state index is 11.7. The monoisotopic (exact) mass is 317 g/mol. The lowest BCUT2D eigenvalue weighted by Gasteiger charge is -2.38. The molecule has 0 radical (unpaired) electrons. The van der Waals surface area contributed by atoms with Crippen LogP contribution in [-0.2, 0) is 15.1 Å². The van der Waals surface area contributed by atoms with Crippen molar-refractivity contribution >= 4 is 11.8 Å². The van der Waals surface area contributed by atoms with Crippen LogP contribution in [-0.4, -0.2) is 18.3 Å². The summed E-state index contributed by atoms with van der Waals surface area (Å²) in [5.74, 6) is 0.597. The molecule has 0 unspecified atom stereocenters. The Hall–Kier alpha value is -1.68. The number of Topliss-reactive ketones (excluding diaryl/α,β-unsaturated/α-hetero) is 1. The van der Waals surface area contributed by atoms with Crippen molar-refractivity contribution < 1.29 is 14.3 Å². The molecule has 1 aromatic carbocycles. The Kier molecular flexibility index (Phi) is 6.34. The zero-order valence-corrected chi connectivity index (χ0v) is 14.2. The minimum atomic E-state index is -0.314. The van der Waals surface area contributed by atoms with Gasteiger partial charge in [-0.15, -0.1) is 0 Å². The molecule has 1 aromatic rings. The van der Waals surface area contributed by atoms with Gasteiger partial charge in [-0.25, -0.2) is 0 Å². The van der Waals surface area contributed by atoms with Gasteiger partial charge in [0.05, 0.1) is 0 Å². The third-order valence-electron chi connectivity index (χ3n) is 4.55. The van der Waals surface area contributed by atoms with E-state index in [0.717, 1.165) is 31.4 Å². The second kappa shape index (κ2) is 8.25. The van der Waals surface area contributed by atoms with Crippen molar-refractivity contribution in [2.45, 2.75) is 64.3 Å². The Balaban J connectivity index is 2.18. The van der Waals surface area contributed by atoms with E-state index in [-0.39, 0.29) is 11.5 Å². The number of carbonyl (C=O) groups is 2. The average Bonchev–Trinajstić information content (AvgIpc) is 2.53. The molecule has 1 aliphatic rings. The Morgan fingerprint density at radius 1 is 1.26 bits per heavy atom. The summed E-state index contributed by atoms with van der Waals surface area (Å²) in [7, 11) is 0. The predicted molar refractivity (Wildman–Crippen MR) is 90.4 cm³/mol. The fourth-order valence-electron chi connectivity index (χ4n) is 3.25. The number of nitrogens with one attached hydrogen (secondary N) is 1. The molecule has 0 spiro atoms. The first-order chi connectivity index (χ1) is 11.1. The van der Waals surface area contributed by atoms with E-state index in [1.165, 1.54) is 19.8 Å². The fraction of sp³-hybridized carbons (Fsp3) is 0.579. The Labute approximate surface area is 138 Å². The molecule has 4 heteroatoms. The molecule has 0 atom stereocenters. The van der Waals surface area contributed by atoms with E-state index in [0.29, 0.717) is 24.4 Å². The van der Waals surface area contributed by atoms with Gasteiger partial charge in [-0.05, 0) is 43.5 Å². The lowest BCUT2D eigenvalue weighted by molar-refractivity contribution is -0.131. The van der Waals surface area contributed by atoms with Crippen LogP contribution in [0, 0.1) is 0 Å². The summed E-state index contributed by atoms with van der Waals surface area (Å²) in [6.07, 6.45) is 6.36. The maximum Gasteiger partial charge on any atom is 0.308 e. The molecule has 0 aliphatic heterocycles. The van der Waals surface area contributed by atoms with Crippen LogP contribution in [0.15, 0.2) is 24.3 Å². The van der Waals surface area contributed by atoms with Crippen LogP contribution in [0.5, 0.6) is 5.75 Å². The quantitative estimate of drug-likeness (QED) is 0.473. The number of hydrogen-bond acceptors (Lipinski definition) is 4. The molecule has 23 heavy (non-hydrogen) atoms. The minimum absolute atomic E-state index is 0.183. The van der Waals surface area contributed by atoms with Gasteiger partial charge in [-0.3, -0.25) is 9.59 Å². The van der Waals surface area contributed by atoms with Gasteiger partial charge >= 0.3 is 5.97 Å². The van der Waals surface area contributed by atoms with Crippen LogP contribution in [0.1, 0.15) is 64.4 Å². The second-order valence-electron chi connectivity index (χ2n) is 6.38. The molecule has 0 bridgehead atoms. The molecule has 0 heterocycles. The van der Waals surface area contributed by atoms with Gasteiger partial charge in [0.2, 0.25) is 0 Å². The lowest BCUT2D eigenvalue weighted by Crippen LogP contribution is -2.45. The van der Waals surface area contributed by atoms with Crippen LogP contribution >= 0.6 is 0 Å². The summed E-state index contributed by atoms with van der Waals surface area (Å²) >= 11 is 0. The molecule has 1 saturated carbocycles. The highest BCUT2D eigenvalue weighted by Crippen LogP contribution is 2.37. The van der Waals surface area contributed by atoms with Gasteiger partial charge in [0.25, 0.3) is 0 Å². The zero-order valence-electron chi connectivity index (χ0n) is 14.2. The van der Waals surface area contributed by atoms with Crippen molar-refractivity contribution in [3.8, 4) is 5.75 Å². The third-order valence-corrected chi connectivity index (χ3v) is 4.55. The van der Waals surface area contributed by atoms with E-state index >= 15 is 0 Å². The van der Waals surface area contributed by atoms with Crippen molar-refractivity contribution in [3.05, 3.63) is 29.8 Å². The highest BCUT2D eigenvalue weighted by atomic mass is 16.5. The number of ether oxygens (including phenoxy) is 1. The number of esters is 1. The average molecular weight is 317 g/mol. The number of benzene rings is 1. The number of rotatable bonds is 7. The van der Waals surface area contributed by atoms with E-state index < -0.39 is 0 Å². The van der Waals surface area contributed by atoms with Crippen molar-refractivity contribution in [3.63, 3.8) is 0 Å². The number of hydrogen-bond donors (Lipinski definition) is 1. The Morgan fingerprint density at radius 2 is 2.00 bits per heavy atom. The van der Waals surface area contributed by atoms with Crippen LogP contribution in [0.25, 0.3) is 0 Å². The second-order valence-corrected chi connectivity index (χ2v) is 6.38. The smallest absolute Gasteiger partial charge is 0.308 e. The predicted octanol–water partition coefficient (Wildman–Crippen LogP) is 3.73. The molecule has 126 valence electrons. The molecule has 0 aromatic heterocycles. The Bertz CT molecular complexity index is 543. The SMILES string of the molecule is CCCCCNC1(c2cccc(OC(C)=O)c2)CCC(=O)CC1. The molecular formula is C19H27NO3.